The Balaban J connectivity index is 0.978. The molecule has 1 fully saturated rings. The smallest absolute Gasteiger partial charge is 0.280 e. The van der Waals surface area contributed by atoms with Crippen LogP contribution in [-0.2, 0) is 20.2 Å². The fourth-order valence-electron chi connectivity index (χ4n) is 6.40. The molecular weight excluding hydrogens is 655 g/mol. The summed E-state index contributed by atoms with van der Waals surface area (Å²) in [6, 6.07) is 18.8. The van der Waals surface area contributed by atoms with Crippen molar-refractivity contribution in [3.8, 4) is 5.88 Å². The van der Waals surface area contributed by atoms with Gasteiger partial charge in [-0.15, -0.1) is 0 Å². The molecule has 1 amide bonds. The Morgan fingerprint density at radius 2 is 1.90 bits per heavy atom. The predicted molar refractivity (Wildman–Crippen MR) is 182 cm³/mol. The van der Waals surface area contributed by atoms with E-state index >= 15 is 0 Å². The van der Waals surface area contributed by atoms with Gasteiger partial charge in [0.15, 0.2) is 0 Å². The van der Waals surface area contributed by atoms with E-state index in [1.807, 2.05) is 29.8 Å². The van der Waals surface area contributed by atoms with Crippen molar-refractivity contribution in [2.45, 2.75) is 45.3 Å². The van der Waals surface area contributed by atoms with E-state index in [1.54, 1.807) is 43.3 Å². The molecule has 1 aliphatic heterocycles. The first-order valence-electron chi connectivity index (χ1n) is 15.9. The van der Waals surface area contributed by atoms with Crippen molar-refractivity contribution in [2.24, 2.45) is 7.05 Å². The van der Waals surface area contributed by atoms with Gasteiger partial charge in [0.25, 0.3) is 12.3 Å². The number of aryl methyl sites for hydroxylation is 2. The molecule has 1 saturated heterocycles. The molecule has 0 unspecified atom stereocenters. The third-order valence-corrected chi connectivity index (χ3v) is 9.33. The Morgan fingerprint density at radius 3 is 2.67 bits per heavy atom. The molecule has 4 heterocycles. The first-order valence-corrected chi connectivity index (χ1v) is 16.3. The lowest BCUT2D eigenvalue weighted by Gasteiger charge is -2.31. The molecule has 0 saturated carbocycles. The standard InChI is InChI=1S/C36H33ClF3N7O2/c1-20-14-25(17-26-33(20)44-45-34(26)35(39)40)41-36(48)22-7-9-30-29(15-22)42-31(46(30)2)18-47-12-10-21(11-13-47)28-4-3-5-32(43-28)49-19-23-6-8-24(37)16-27(23)38/h3-9,14-17,21,35H,10-13,18-19H2,1-2H3,(H,41,48)(H,44,45). The molecule has 0 bridgehead atoms. The van der Waals surface area contributed by atoms with Gasteiger partial charge in [0.1, 0.15) is 23.9 Å². The fourth-order valence-corrected chi connectivity index (χ4v) is 6.56. The summed E-state index contributed by atoms with van der Waals surface area (Å²) in [4.78, 5) is 25.1. The van der Waals surface area contributed by atoms with E-state index < -0.39 is 12.2 Å². The van der Waals surface area contributed by atoms with Crippen molar-refractivity contribution in [2.75, 3.05) is 18.4 Å². The normalized spacial score (nSPS) is 14.3. The molecular formula is C36H33ClF3N7O2. The molecule has 7 rings (SSSR count). The summed E-state index contributed by atoms with van der Waals surface area (Å²) < 4.78 is 48.9. The summed E-state index contributed by atoms with van der Waals surface area (Å²) in [6.45, 7) is 4.20. The number of anilines is 1. The van der Waals surface area contributed by atoms with Gasteiger partial charge in [0, 0.05) is 51.9 Å². The highest BCUT2D eigenvalue weighted by atomic mass is 35.5. The number of hydrogen-bond donors (Lipinski definition) is 2. The molecule has 252 valence electrons. The molecule has 0 radical (unpaired) electrons. The average Bonchev–Trinajstić information content (AvgIpc) is 3.66. The summed E-state index contributed by atoms with van der Waals surface area (Å²) in [6.07, 6.45) is -0.878. The van der Waals surface area contributed by atoms with Crippen LogP contribution in [0.2, 0.25) is 5.02 Å². The molecule has 9 nitrogen and oxygen atoms in total. The first-order chi connectivity index (χ1) is 23.6. The van der Waals surface area contributed by atoms with Crippen LogP contribution in [0.3, 0.4) is 0 Å². The maximum Gasteiger partial charge on any atom is 0.280 e. The van der Waals surface area contributed by atoms with Gasteiger partial charge in [-0.1, -0.05) is 23.7 Å². The highest BCUT2D eigenvalue weighted by Gasteiger charge is 2.24. The second-order valence-electron chi connectivity index (χ2n) is 12.3. The average molecular weight is 688 g/mol. The highest BCUT2D eigenvalue weighted by molar-refractivity contribution is 6.30. The number of likely N-dealkylation sites (tertiary alicyclic amines) is 1. The third kappa shape index (κ3) is 6.83. The largest absolute Gasteiger partial charge is 0.473 e. The Labute approximate surface area is 285 Å². The molecule has 6 aromatic rings. The number of H-pyrrole nitrogens is 1. The number of nitrogens with one attached hydrogen (secondary N) is 2. The molecule has 3 aromatic heterocycles. The third-order valence-electron chi connectivity index (χ3n) is 9.10. The number of aromatic nitrogens is 5. The lowest BCUT2D eigenvalue weighted by atomic mass is 9.93. The monoisotopic (exact) mass is 687 g/mol. The van der Waals surface area contributed by atoms with Crippen molar-refractivity contribution in [1.82, 2.24) is 29.6 Å². The number of benzene rings is 3. The summed E-state index contributed by atoms with van der Waals surface area (Å²) in [7, 11) is 1.96. The second-order valence-corrected chi connectivity index (χ2v) is 12.8. The van der Waals surface area contributed by atoms with Crippen LogP contribution in [-0.4, -0.2) is 48.6 Å². The topological polar surface area (TPSA) is 101 Å². The van der Waals surface area contributed by atoms with Crippen LogP contribution in [0.5, 0.6) is 5.88 Å². The minimum absolute atomic E-state index is 0.0639. The van der Waals surface area contributed by atoms with Gasteiger partial charge in [0.05, 0.1) is 23.1 Å². The maximum absolute atomic E-state index is 14.2. The first kappa shape index (κ1) is 32.6. The number of nitrogens with zero attached hydrogens (tertiary/aromatic N) is 5. The quantitative estimate of drug-likeness (QED) is 0.159. The number of carbonyl (C=O) groups excluding carboxylic acids is 1. The molecule has 0 spiro atoms. The SMILES string of the molecule is Cc1cc(NC(=O)c2ccc3c(c2)nc(CN2CCC(c4cccc(OCc5ccc(Cl)cc5F)n4)CC2)n3C)cc2c(C(F)F)[nH]nc12. The molecule has 3 aromatic carbocycles. The summed E-state index contributed by atoms with van der Waals surface area (Å²) in [5.74, 6) is 0.837. The van der Waals surface area contributed by atoms with E-state index in [0.717, 1.165) is 43.0 Å². The van der Waals surface area contributed by atoms with E-state index in [1.165, 1.54) is 12.1 Å². The van der Waals surface area contributed by atoms with Crippen molar-refractivity contribution in [1.29, 1.82) is 0 Å². The summed E-state index contributed by atoms with van der Waals surface area (Å²) in [5.41, 5.74) is 4.63. The molecule has 2 N–H and O–H groups in total. The van der Waals surface area contributed by atoms with Crippen molar-refractivity contribution >= 4 is 45.1 Å². The Hall–Kier alpha value is -4.94. The zero-order chi connectivity index (χ0) is 34.2. The van der Waals surface area contributed by atoms with Gasteiger partial charge < -0.3 is 14.6 Å². The molecule has 13 heteroatoms. The number of rotatable bonds is 9. The van der Waals surface area contributed by atoms with Gasteiger partial charge in [-0.25, -0.2) is 23.1 Å². The summed E-state index contributed by atoms with van der Waals surface area (Å²) in [5, 5.41) is 9.85. The lowest BCUT2D eigenvalue weighted by molar-refractivity contribution is 0.102. The maximum atomic E-state index is 14.2. The van der Waals surface area contributed by atoms with Crippen LogP contribution in [0.25, 0.3) is 21.9 Å². The van der Waals surface area contributed by atoms with Gasteiger partial charge in [0.2, 0.25) is 5.88 Å². The minimum atomic E-state index is -2.71. The number of fused-ring (bicyclic) bond motifs is 2. The Kier molecular flexibility index (Phi) is 9.00. The fraction of sp³-hybridized carbons (Fsp3) is 0.278. The van der Waals surface area contributed by atoms with Gasteiger partial charge in [-0.05, 0) is 86.9 Å². The molecule has 49 heavy (non-hydrogen) atoms. The number of halogens is 4. The lowest BCUT2D eigenvalue weighted by Crippen LogP contribution is -2.33. The van der Waals surface area contributed by atoms with Crippen molar-refractivity contribution in [3.63, 3.8) is 0 Å². The van der Waals surface area contributed by atoms with Crippen LogP contribution < -0.4 is 10.1 Å². The van der Waals surface area contributed by atoms with Crippen LogP contribution >= 0.6 is 11.6 Å². The van der Waals surface area contributed by atoms with Gasteiger partial charge in [-0.3, -0.25) is 14.8 Å². The van der Waals surface area contributed by atoms with Crippen LogP contribution in [0, 0.1) is 12.7 Å². The van der Waals surface area contributed by atoms with E-state index in [2.05, 4.69) is 20.4 Å². The zero-order valence-corrected chi connectivity index (χ0v) is 27.6. The van der Waals surface area contributed by atoms with Crippen LogP contribution in [0.15, 0.2) is 66.7 Å². The van der Waals surface area contributed by atoms with E-state index in [-0.39, 0.29) is 29.5 Å². The number of piperidine rings is 1. The Bertz CT molecular complexity index is 2180. The summed E-state index contributed by atoms with van der Waals surface area (Å²) >= 11 is 5.85. The number of hydrogen-bond acceptors (Lipinski definition) is 6. The number of imidazole rings is 1. The number of pyridine rings is 1. The number of alkyl halides is 2. The predicted octanol–water partition coefficient (Wildman–Crippen LogP) is 8.09. The number of amides is 1. The van der Waals surface area contributed by atoms with E-state index in [0.29, 0.717) is 50.9 Å². The van der Waals surface area contributed by atoms with E-state index in [9.17, 15) is 18.0 Å². The highest BCUT2D eigenvalue weighted by Crippen LogP contribution is 2.31. The molecule has 0 atom stereocenters. The van der Waals surface area contributed by atoms with Crippen LogP contribution in [0.4, 0.5) is 18.9 Å². The number of ether oxygens (including phenoxy) is 1. The minimum Gasteiger partial charge on any atom is -0.473 e. The van der Waals surface area contributed by atoms with Gasteiger partial charge >= 0.3 is 0 Å². The molecule has 1 aliphatic rings. The van der Waals surface area contributed by atoms with Crippen LogP contribution in [0.1, 0.15) is 63.9 Å². The zero-order valence-electron chi connectivity index (χ0n) is 26.8. The number of aromatic amines is 1. The van der Waals surface area contributed by atoms with Crippen molar-refractivity contribution in [3.05, 3.63) is 111 Å². The van der Waals surface area contributed by atoms with E-state index in [4.69, 9.17) is 26.3 Å². The van der Waals surface area contributed by atoms with Crippen molar-refractivity contribution < 1.29 is 22.7 Å². The molecule has 0 aliphatic carbocycles. The Morgan fingerprint density at radius 1 is 1.08 bits per heavy atom. The number of carbonyl (C=O) groups is 1. The second kappa shape index (κ2) is 13.5. The van der Waals surface area contributed by atoms with Gasteiger partial charge in [-0.2, -0.15) is 5.10 Å².